The van der Waals surface area contributed by atoms with Crippen molar-refractivity contribution in [2.45, 2.75) is 68.4 Å². The maximum atomic E-state index is 14.8. The molecule has 8 rings (SSSR count). The quantitative estimate of drug-likeness (QED) is 0.210. The van der Waals surface area contributed by atoms with Crippen molar-refractivity contribution < 1.29 is 27.2 Å². The van der Waals surface area contributed by atoms with Gasteiger partial charge in [-0.3, -0.25) is 9.59 Å². The molecule has 1 aliphatic carbocycles. The predicted octanol–water partition coefficient (Wildman–Crippen LogP) is 6.50. The summed E-state index contributed by atoms with van der Waals surface area (Å²) in [5.74, 6) is -2.54. The molecule has 2 fully saturated rings. The number of rotatable bonds is 8. The van der Waals surface area contributed by atoms with E-state index in [0.717, 1.165) is 92.0 Å². The van der Waals surface area contributed by atoms with Gasteiger partial charge in [-0.2, -0.15) is 0 Å². The molecule has 1 N–H and O–H groups in total. The third-order valence-corrected chi connectivity index (χ3v) is 11.4. The highest BCUT2D eigenvalue weighted by Gasteiger charge is 2.46. The smallest absolute Gasteiger partial charge is 0.250 e. The van der Waals surface area contributed by atoms with E-state index in [1.165, 1.54) is 18.2 Å². The second kappa shape index (κ2) is 13.2. The summed E-state index contributed by atoms with van der Waals surface area (Å²) >= 11 is 0. The third kappa shape index (κ3) is 6.14. The summed E-state index contributed by atoms with van der Waals surface area (Å²) in [6.07, 6.45) is 7.28. The van der Waals surface area contributed by atoms with Crippen LogP contribution in [0.4, 0.5) is 30.2 Å². The van der Waals surface area contributed by atoms with Crippen LogP contribution in [0.1, 0.15) is 73.1 Å². The van der Waals surface area contributed by atoms with Crippen molar-refractivity contribution in [2.75, 3.05) is 40.9 Å². The molecule has 3 aromatic carbocycles. The van der Waals surface area contributed by atoms with E-state index in [-0.39, 0.29) is 47.7 Å². The van der Waals surface area contributed by atoms with Crippen molar-refractivity contribution in [3.63, 3.8) is 0 Å². The monoisotopic (exact) mass is 696 g/mol. The Morgan fingerprint density at radius 1 is 1.02 bits per heavy atom. The summed E-state index contributed by atoms with van der Waals surface area (Å²) in [5.41, 5.74) is 5.24. The van der Waals surface area contributed by atoms with Crippen LogP contribution >= 0.6 is 0 Å². The van der Waals surface area contributed by atoms with Crippen LogP contribution < -0.4 is 20.0 Å². The summed E-state index contributed by atoms with van der Waals surface area (Å²) in [6.45, 7) is 6.89. The molecule has 0 saturated carbocycles. The number of benzene rings is 3. The third-order valence-electron chi connectivity index (χ3n) is 11.4. The Labute approximate surface area is 294 Å². The van der Waals surface area contributed by atoms with Gasteiger partial charge in [0.25, 0.3) is 5.91 Å². The summed E-state index contributed by atoms with van der Waals surface area (Å²) < 4.78 is 47.7. The van der Waals surface area contributed by atoms with Crippen molar-refractivity contribution in [3.05, 3.63) is 114 Å². The number of piperidine rings is 1. The highest BCUT2D eigenvalue weighted by Crippen LogP contribution is 2.53. The Kier molecular flexibility index (Phi) is 8.55. The highest BCUT2D eigenvalue weighted by molar-refractivity contribution is 6.04. The number of hydrogen-bond donors (Lipinski definition) is 1. The number of anilines is 3. The Morgan fingerprint density at radius 3 is 2.63 bits per heavy atom. The molecular weight excluding hydrogens is 657 g/mol. The molecule has 0 radical (unpaired) electrons. The van der Waals surface area contributed by atoms with E-state index in [0.29, 0.717) is 24.6 Å². The van der Waals surface area contributed by atoms with Crippen LogP contribution in [0.3, 0.4) is 0 Å². The second-order valence-electron chi connectivity index (χ2n) is 14.3. The van der Waals surface area contributed by atoms with Gasteiger partial charge in [-0.25, -0.2) is 13.2 Å². The van der Waals surface area contributed by atoms with E-state index < -0.39 is 17.7 Å². The number of fused-ring (bicyclic) bond motifs is 5. The molecule has 51 heavy (non-hydrogen) atoms. The van der Waals surface area contributed by atoms with Crippen molar-refractivity contribution in [1.29, 1.82) is 0 Å². The van der Waals surface area contributed by atoms with Gasteiger partial charge >= 0.3 is 0 Å². The number of nitrogens with zero attached hydrogens (tertiary/aromatic N) is 5. The maximum Gasteiger partial charge on any atom is 0.250 e. The van der Waals surface area contributed by atoms with E-state index in [9.17, 15) is 22.8 Å². The molecule has 0 unspecified atom stereocenters. The predicted molar refractivity (Wildman–Crippen MR) is 186 cm³/mol. The first-order valence-corrected chi connectivity index (χ1v) is 17.6. The number of carbonyl (C=O) groups excluding carboxylic acids is 2. The standard InChI is InChI=1S/C39H39F3N6O3/c1-2-37(50)48-22-28-4-3-13-47(28)35-20-27(7-10-34(35)48)46-14-11-39(12-15-46)21-25(29-8-6-26(40)19-30(29)39)18-36(49)44-33(38-45-43-23-51-38)17-24-5-9-31(41)32(42)16-24/h2,5-10,16,19-20,23,25,28,33H,1,3-4,11-15,17-18,21-22H2,(H,44,49)/t25-,28+,33-/m1/s1. The first-order valence-electron chi connectivity index (χ1n) is 17.6. The van der Waals surface area contributed by atoms with E-state index in [4.69, 9.17) is 4.42 Å². The van der Waals surface area contributed by atoms with Crippen molar-refractivity contribution in [2.24, 2.45) is 0 Å². The topological polar surface area (TPSA) is 94.8 Å². The lowest BCUT2D eigenvalue weighted by atomic mass is 9.73. The van der Waals surface area contributed by atoms with Crippen LogP contribution in [-0.2, 0) is 21.4 Å². The molecule has 9 nitrogen and oxygen atoms in total. The van der Waals surface area contributed by atoms with Crippen molar-refractivity contribution >= 4 is 28.9 Å². The Bertz CT molecular complexity index is 1980. The van der Waals surface area contributed by atoms with Crippen LogP contribution in [0.25, 0.3) is 0 Å². The number of aromatic nitrogens is 2. The van der Waals surface area contributed by atoms with Crippen LogP contribution in [0.15, 0.2) is 78.1 Å². The molecule has 264 valence electrons. The summed E-state index contributed by atoms with van der Waals surface area (Å²) in [5, 5.41) is 10.7. The number of amides is 2. The molecule has 4 aromatic rings. The molecule has 0 bridgehead atoms. The Hall–Kier alpha value is -5.13. The first kappa shape index (κ1) is 33.0. The van der Waals surface area contributed by atoms with Gasteiger partial charge in [0.1, 0.15) is 11.9 Å². The minimum Gasteiger partial charge on any atom is -0.426 e. The molecule has 1 spiro atoms. The van der Waals surface area contributed by atoms with Crippen LogP contribution in [-0.4, -0.2) is 54.2 Å². The molecular formula is C39H39F3N6O3. The van der Waals surface area contributed by atoms with Crippen LogP contribution in [0, 0.1) is 17.5 Å². The Morgan fingerprint density at radius 2 is 1.86 bits per heavy atom. The zero-order valence-electron chi connectivity index (χ0n) is 28.2. The lowest BCUT2D eigenvalue weighted by molar-refractivity contribution is -0.122. The molecule has 2 saturated heterocycles. The summed E-state index contributed by atoms with van der Waals surface area (Å²) in [6, 6.07) is 14.4. The lowest BCUT2D eigenvalue weighted by Crippen LogP contribution is -2.48. The highest BCUT2D eigenvalue weighted by atomic mass is 19.2. The summed E-state index contributed by atoms with van der Waals surface area (Å²) in [7, 11) is 0. The fourth-order valence-corrected chi connectivity index (χ4v) is 8.93. The maximum absolute atomic E-state index is 14.8. The largest absolute Gasteiger partial charge is 0.426 e. The van der Waals surface area contributed by atoms with Gasteiger partial charge in [-0.15, -0.1) is 10.2 Å². The van der Waals surface area contributed by atoms with Gasteiger partial charge in [0.15, 0.2) is 11.6 Å². The molecule has 3 atom stereocenters. The van der Waals surface area contributed by atoms with E-state index in [2.05, 4.69) is 44.0 Å². The number of halogens is 3. The zero-order valence-corrected chi connectivity index (χ0v) is 28.2. The lowest BCUT2D eigenvalue weighted by Gasteiger charge is -2.43. The van der Waals surface area contributed by atoms with E-state index in [1.807, 2.05) is 17.0 Å². The van der Waals surface area contributed by atoms with Crippen molar-refractivity contribution in [3.8, 4) is 0 Å². The molecule has 1 aromatic heterocycles. The second-order valence-corrected chi connectivity index (χ2v) is 14.3. The zero-order chi connectivity index (χ0) is 35.3. The van der Waals surface area contributed by atoms with Gasteiger partial charge in [-0.1, -0.05) is 18.7 Å². The Balaban J connectivity index is 0.987. The van der Waals surface area contributed by atoms with Crippen LogP contribution in [0.5, 0.6) is 0 Å². The van der Waals surface area contributed by atoms with Gasteiger partial charge in [-0.05, 0) is 109 Å². The number of nitrogens with one attached hydrogen (secondary N) is 1. The molecule has 2 amide bonds. The average molecular weight is 697 g/mol. The molecule has 12 heteroatoms. The van der Waals surface area contributed by atoms with Gasteiger partial charge in [0.2, 0.25) is 18.2 Å². The van der Waals surface area contributed by atoms with E-state index in [1.54, 1.807) is 6.07 Å². The fourth-order valence-electron chi connectivity index (χ4n) is 8.93. The summed E-state index contributed by atoms with van der Waals surface area (Å²) in [4.78, 5) is 33.0. The number of carbonyl (C=O) groups is 2. The SMILES string of the molecule is C=CC(=O)N1C[C@@H]2CCCN2c2cc(N3CCC4(CC3)C[C@@H](CC(=O)N[C@H](Cc3ccc(F)c(F)c3)c3nnco3)c3ccc(F)cc34)ccc21. The molecule has 4 aliphatic rings. The van der Waals surface area contributed by atoms with Gasteiger partial charge < -0.3 is 24.4 Å². The average Bonchev–Trinajstić information content (AvgIpc) is 3.90. The normalized spacial score (nSPS) is 20.9. The molecule has 3 aliphatic heterocycles. The first-order chi connectivity index (χ1) is 24.7. The fraction of sp³-hybridized carbons (Fsp3) is 0.385. The number of hydrogen-bond acceptors (Lipinski definition) is 7. The van der Waals surface area contributed by atoms with Crippen molar-refractivity contribution in [1.82, 2.24) is 15.5 Å². The van der Waals surface area contributed by atoms with Gasteiger partial charge in [0.05, 0.1) is 11.4 Å². The minimum atomic E-state index is -0.979. The van der Waals surface area contributed by atoms with Gasteiger partial charge in [0, 0.05) is 50.7 Å². The van der Waals surface area contributed by atoms with Crippen LogP contribution in [0.2, 0.25) is 0 Å². The van der Waals surface area contributed by atoms with E-state index >= 15 is 0 Å². The molecule has 4 heterocycles. The minimum absolute atomic E-state index is 0.0840.